The second kappa shape index (κ2) is 6.02. The summed E-state index contributed by atoms with van der Waals surface area (Å²) in [4.78, 5) is 14.5. The molecule has 106 valence electrons. The Labute approximate surface area is 117 Å². The maximum absolute atomic E-state index is 12.0. The van der Waals surface area contributed by atoms with Crippen molar-refractivity contribution in [3.63, 3.8) is 0 Å². The quantitative estimate of drug-likeness (QED) is 0.913. The summed E-state index contributed by atoms with van der Waals surface area (Å²) in [5.41, 5.74) is 0. The Hall–Kier alpha value is -0.920. The third kappa shape index (κ3) is 3.77. The SMILES string of the molecule is Cc1ccc(S(=O)(=O)NCC(=O)N2CCCCC2)s1. The molecule has 0 aromatic carbocycles. The Morgan fingerprint density at radius 3 is 2.58 bits per heavy atom. The number of rotatable bonds is 4. The van der Waals surface area contributed by atoms with Crippen LogP contribution in [0.4, 0.5) is 0 Å². The number of carbonyl (C=O) groups is 1. The van der Waals surface area contributed by atoms with Gasteiger partial charge in [0.25, 0.3) is 10.0 Å². The first-order chi connectivity index (χ1) is 8.99. The first kappa shape index (κ1) is 14.5. The molecular weight excluding hydrogens is 284 g/mol. The third-order valence-corrected chi connectivity index (χ3v) is 6.00. The zero-order chi connectivity index (χ0) is 13.9. The Balaban J connectivity index is 1.92. The number of carbonyl (C=O) groups excluding carboxylic acids is 1. The topological polar surface area (TPSA) is 66.5 Å². The summed E-state index contributed by atoms with van der Waals surface area (Å²) in [5, 5.41) is 0. The van der Waals surface area contributed by atoms with E-state index in [9.17, 15) is 13.2 Å². The normalized spacial score (nSPS) is 16.6. The molecule has 1 aromatic rings. The Kier molecular flexibility index (Phi) is 4.59. The molecule has 5 nitrogen and oxygen atoms in total. The smallest absolute Gasteiger partial charge is 0.250 e. The minimum absolute atomic E-state index is 0.142. The lowest BCUT2D eigenvalue weighted by molar-refractivity contribution is -0.130. The lowest BCUT2D eigenvalue weighted by atomic mass is 10.1. The number of hydrogen-bond donors (Lipinski definition) is 1. The Morgan fingerprint density at radius 1 is 1.32 bits per heavy atom. The van der Waals surface area contributed by atoms with Crippen LogP contribution in [0.15, 0.2) is 16.3 Å². The van der Waals surface area contributed by atoms with E-state index in [0.717, 1.165) is 37.2 Å². The van der Waals surface area contributed by atoms with Crippen molar-refractivity contribution in [3.8, 4) is 0 Å². The van der Waals surface area contributed by atoms with E-state index in [1.54, 1.807) is 17.0 Å². The number of sulfonamides is 1. The fraction of sp³-hybridized carbons (Fsp3) is 0.583. The lowest BCUT2D eigenvalue weighted by Crippen LogP contribution is -2.42. The van der Waals surface area contributed by atoms with Gasteiger partial charge in [-0.2, -0.15) is 0 Å². The molecular formula is C12H18N2O3S2. The van der Waals surface area contributed by atoms with Gasteiger partial charge in [0.05, 0.1) is 6.54 Å². The molecule has 1 amide bonds. The number of likely N-dealkylation sites (tertiary alicyclic amines) is 1. The van der Waals surface area contributed by atoms with Gasteiger partial charge < -0.3 is 4.90 Å². The molecule has 0 radical (unpaired) electrons. The number of thiophene rings is 1. The number of nitrogens with zero attached hydrogens (tertiary/aromatic N) is 1. The zero-order valence-electron chi connectivity index (χ0n) is 10.9. The van der Waals surface area contributed by atoms with Gasteiger partial charge in [0, 0.05) is 18.0 Å². The average Bonchev–Trinajstić information content (AvgIpc) is 2.85. The van der Waals surface area contributed by atoms with E-state index in [2.05, 4.69) is 4.72 Å². The largest absolute Gasteiger partial charge is 0.342 e. The maximum Gasteiger partial charge on any atom is 0.250 e. The summed E-state index contributed by atoms with van der Waals surface area (Å²) in [5.74, 6) is -0.142. The molecule has 0 unspecified atom stereocenters. The highest BCUT2D eigenvalue weighted by Crippen LogP contribution is 2.20. The van der Waals surface area contributed by atoms with E-state index in [0.29, 0.717) is 0 Å². The van der Waals surface area contributed by atoms with Crippen molar-refractivity contribution < 1.29 is 13.2 Å². The van der Waals surface area contributed by atoms with Crippen LogP contribution in [-0.2, 0) is 14.8 Å². The van der Waals surface area contributed by atoms with Crippen LogP contribution in [0.25, 0.3) is 0 Å². The highest BCUT2D eigenvalue weighted by Gasteiger charge is 2.21. The van der Waals surface area contributed by atoms with Crippen molar-refractivity contribution in [2.75, 3.05) is 19.6 Å². The van der Waals surface area contributed by atoms with Gasteiger partial charge in [-0.1, -0.05) is 0 Å². The van der Waals surface area contributed by atoms with Crippen molar-refractivity contribution in [3.05, 3.63) is 17.0 Å². The molecule has 0 spiro atoms. The van der Waals surface area contributed by atoms with E-state index >= 15 is 0 Å². The minimum Gasteiger partial charge on any atom is -0.342 e. The van der Waals surface area contributed by atoms with E-state index in [4.69, 9.17) is 0 Å². The number of aryl methyl sites for hydroxylation is 1. The molecule has 1 fully saturated rings. The summed E-state index contributed by atoms with van der Waals surface area (Å²) in [6.07, 6.45) is 3.15. The van der Waals surface area contributed by atoms with Crippen LogP contribution < -0.4 is 4.72 Å². The first-order valence-electron chi connectivity index (χ1n) is 6.33. The van der Waals surface area contributed by atoms with Crippen LogP contribution >= 0.6 is 11.3 Å². The standard InChI is InChI=1S/C12H18N2O3S2/c1-10-5-6-12(18-10)19(16,17)13-9-11(15)14-7-3-2-4-8-14/h5-6,13H,2-4,7-9H2,1H3. The van der Waals surface area contributed by atoms with Crippen LogP contribution in [0.5, 0.6) is 0 Å². The summed E-state index contributed by atoms with van der Waals surface area (Å²) in [7, 11) is -3.55. The molecule has 1 aromatic heterocycles. The van der Waals surface area contributed by atoms with Crippen molar-refractivity contribution in [1.29, 1.82) is 0 Å². The van der Waals surface area contributed by atoms with Crippen molar-refractivity contribution in [2.45, 2.75) is 30.4 Å². The number of amides is 1. The van der Waals surface area contributed by atoms with Gasteiger partial charge in [0.1, 0.15) is 4.21 Å². The highest BCUT2D eigenvalue weighted by atomic mass is 32.2. The van der Waals surface area contributed by atoms with E-state index in [1.165, 1.54) is 11.3 Å². The van der Waals surface area contributed by atoms with Gasteiger partial charge >= 0.3 is 0 Å². The molecule has 2 heterocycles. The van der Waals surface area contributed by atoms with Crippen molar-refractivity contribution in [1.82, 2.24) is 9.62 Å². The molecule has 19 heavy (non-hydrogen) atoms. The summed E-state index contributed by atoms with van der Waals surface area (Å²) in [6, 6.07) is 3.32. The molecule has 0 bridgehead atoms. The molecule has 7 heteroatoms. The Morgan fingerprint density at radius 2 is 2.00 bits per heavy atom. The van der Waals surface area contributed by atoms with E-state index in [-0.39, 0.29) is 16.7 Å². The van der Waals surface area contributed by atoms with Crippen molar-refractivity contribution in [2.24, 2.45) is 0 Å². The van der Waals surface area contributed by atoms with E-state index < -0.39 is 10.0 Å². The summed E-state index contributed by atoms with van der Waals surface area (Å²) in [6.45, 7) is 3.17. The van der Waals surface area contributed by atoms with Gasteiger partial charge in [0.2, 0.25) is 5.91 Å². The molecule has 1 aliphatic rings. The van der Waals surface area contributed by atoms with Crippen LogP contribution in [0.3, 0.4) is 0 Å². The van der Waals surface area contributed by atoms with Crippen LogP contribution in [0.1, 0.15) is 24.1 Å². The maximum atomic E-state index is 12.0. The van der Waals surface area contributed by atoms with E-state index in [1.807, 2.05) is 6.92 Å². The molecule has 1 N–H and O–H groups in total. The van der Waals surface area contributed by atoms with Gasteiger partial charge in [-0.25, -0.2) is 13.1 Å². The van der Waals surface area contributed by atoms with Crippen LogP contribution in [0, 0.1) is 6.92 Å². The van der Waals surface area contributed by atoms with Gasteiger partial charge in [-0.15, -0.1) is 11.3 Å². The fourth-order valence-corrected chi connectivity index (χ4v) is 4.34. The molecule has 0 saturated carbocycles. The molecule has 2 rings (SSSR count). The fourth-order valence-electron chi connectivity index (χ4n) is 2.04. The highest BCUT2D eigenvalue weighted by molar-refractivity contribution is 7.91. The van der Waals surface area contributed by atoms with Gasteiger partial charge in [-0.05, 0) is 38.3 Å². The number of hydrogen-bond acceptors (Lipinski definition) is 4. The monoisotopic (exact) mass is 302 g/mol. The average molecular weight is 302 g/mol. The Bertz CT molecular complexity index is 545. The molecule has 1 aliphatic heterocycles. The third-order valence-electron chi connectivity index (χ3n) is 3.10. The molecule has 1 saturated heterocycles. The predicted molar refractivity (Wildman–Crippen MR) is 74.7 cm³/mol. The number of piperidine rings is 1. The van der Waals surface area contributed by atoms with Crippen molar-refractivity contribution >= 4 is 27.3 Å². The number of nitrogens with one attached hydrogen (secondary N) is 1. The van der Waals surface area contributed by atoms with Crippen LogP contribution in [0.2, 0.25) is 0 Å². The second-order valence-electron chi connectivity index (χ2n) is 4.63. The molecule has 0 aliphatic carbocycles. The summed E-state index contributed by atoms with van der Waals surface area (Å²) >= 11 is 1.21. The second-order valence-corrected chi connectivity index (χ2v) is 7.91. The minimum atomic E-state index is -3.55. The van der Waals surface area contributed by atoms with Gasteiger partial charge in [-0.3, -0.25) is 4.79 Å². The summed E-state index contributed by atoms with van der Waals surface area (Å²) < 4.78 is 26.6. The zero-order valence-corrected chi connectivity index (χ0v) is 12.5. The lowest BCUT2D eigenvalue weighted by Gasteiger charge is -2.26. The predicted octanol–water partition coefficient (Wildman–Crippen LogP) is 1.35. The van der Waals surface area contributed by atoms with Gasteiger partial charge in [0.15, 0.2) is 0 Å². The van der Waals surface area contributed by atoms with Crippen LogP contribution in [-0.4, -0.2) is 38.9 Å². The first-order valence-corrected chi connectivity index (χ1v) is 8.63. The molecule has 0 atom stereocenters.